The Bertz CT molecular complexity index is 1410. The third kappa shape index (κ3) is 6.34. The summed E-state index contributed by atoms with van der Waals surface area (Å²) in [5.74, 6) is 0.0727. The average Bonchev–Trinajstić information content (AvgIpc) is 3.13. The number of benzene rings is 3. The molecule has 0 spiro atoms. The van der Waals surface area contributed by atoms with Crippen molar-refractivity contribution in [3.05, 3.63) is 92.8 Å². The second-order valence-electron chi connectivity index (χ2n) is 8.41. The van der Waals surface area contributed by atoms with Crippen molar-refractivity contribution >= 4 is 52.2 Å². The van der Waals surface area contributed by atoms with Crippen LogP contribution in [-0.2, 0) is 16.1 Å². The molecule has 0 aliphatic carbocycles. The predicted molar refractivity (Wildman–Crippen MR) is 146 cm³/mol. The Morgan fingerprint density at radius 2 is 1.81 bits per heavy atom. The summed E-state index contributed by atoms with van der Waals surface area (Å²) in [6, 6.07) is 17.8. The van der Waals surface area contributed by atoms with Gasteiger partial charge in [-0.15, -0.1) is 0 Å². The van der Waals surface area contributed by atoms with Gasteiger partial charge in [0.15, 0.2) is 18.1 Å². The molecule has 190 valence electrons. The molecule has 0 unspecified atom stereocenters. The lowest BCUT2D eigenvalue weighted by molar-refractivity contribution is -0.123. The fourth-order valence-electron chi connectivity index (χ4n) is 3.64. The van der Waals surface area contributed by atoms with Crippen LogP contribution < -0.4 is 14.8 Å². The fourth-order valence-corrected chi connectivity index (χ4v) is 4.67. The van der Waals surface area contributed by atoms with Crippen LogP contribution in [0, 0.1) is 13.8 Å². The van der Waals surface area contributed by atoms with Gasteiger partial charge in [0.2, 0.25) is 0 Å². The van der Waals surface area contributed by atoms with Gasteiger partial charge in [-0.2, -0.15) is 0 Å². The molecule has 4 rings (SSSR count). The molecule has 0 bridgehead atoms. The van der Waals surface area contributed by atoms with Gasteiger partial charge in [-0.25, -0.2) is 0 Å². The molecule has 1 heterocycles. The van der Waals surface area contributed by atoms with Gasteiger partial charge in [-0.1, -0.05) is 41.9 Å². The number of aryl methyl sites for hydroxylation is 2. The Hall–Kier alpha value is -3.75. The number of amides is 3. The highest BCUT2D eigenvalue weighted by molar-refractivity contribution is 8.18. The zero-order chi connectivity index (χ0) is 26.5. The predicted octanol–water partition coefficient (Wildman–Crippen LogP) is 6.22. The highest BCUT2D eigenvalue weighted by atomic mass is 35.5. The number of halogens is 1. The van der Waals surface area contributed by atoms with E-state index in [0.717, 1.165) is 22.9 Å². The first-order valence-electron chi connectivity index (χ1n) is 11.4. The molecule has 1 aliphatic rings. The van der Waals surface area contributed by atoms with E-state index in [1.165, 1.54) is 12.0 Å². The van der Waals surface area contributed by atoms with E-state index in [9.17, 15) is 14.4 Å². The van der Waals surface area contributed by atoms with Crippen LogP contribution in [0.1, 0.15) is 22.3 Å². The number of methoxy groups -OCH3 is 1. The van der Waals surface area contributed by atoms with E-state index >= 15 is 0 Å². The van der Waals surface area contributed by atoms with E-state index in [-0.39, 0.29) is 24.3 Å². The van der Waals surface area contributed by atoms with Crippen molar-refractivity contribution in [3.63, 3.8) is 0 Å². The summed E-state index contributed by atoms with van der Waals surface area (Å²) < 4.78 is 11.1. The summed E-state index contributed by atoms with van der Waals surface area (Å²) in [7, 11) is 1.48. The van der Waals surface area contributed by atoms with Crippen LogP contribution in [0.3, 0.4) is 0 Å². The number of nitrogens with zero attached hydrogens (tertiary/aromatic N) is 1. The zero-order valence-corrected chi connectivity index (χ0v) is 22.1. The number of ether oxygens (including phenoxy) is 2. The van der Waals surface area contributed by atoms with Gasteiger partial charge in [-0.05, 0) is 84.3 Å². The molecule has 1 saturated heterocycles. The first-order valence-corrected chi connectivity index (χ1v) is 12.6. The number of rotatable bonds is 8. The van der Waals surface area contributed by atoms with Crippen LogP contribution in [-0.4, -0.2) is 35.7 Å². The number of carbonyl (C=O) groups is 3. The van der Waals surface area contributed by atoms with E-state index in [4.69, 9.17) is 21.1 Å². The van der Waals surface area contributed by atoms with Crippen molar-refractivity contribution in [3.8, 4) is 11.5 Å². The summed E-state index contributed by atoms with van der Waals surface area (Å²) in [4.78, 5) is 39.2. The standard InChI is InChI=1S/C28H25ClN2O5S/c1-17-8-10-21(12-18(17)2)30-26(32)16-36-23-11-9-19(13-24(23)35-3)14-25-27(33)31(28(34)37-25)15-20-6-4-5-7-22(20)29/h4-14H,15-16H2,1-3H3,(H,30,32)/b25-14-. The van der Waals surface area contributed by atoms with Gasteiger partial charge in [-0.3, -0.25) is 19.3 Å². The van der Waals surface area contributed by atoms with Gasteiger partial charge in [0.05, 0.1) is 18.6 Å². The SMILES string of the molecule is COc1cc(/C=C2\SC(=O)N(Cc3ccccc3Cl)C2=O)ccc1OCC(=O)Nc1ccc(C)c(C)c1. The molecule has 0 atom stereocenters. The quantitative estimate of drug-likeness (QED) is 0.344. The number of anilines is 1. The molecule has 1 N–H and O–H groups in total. The van der Waals surface area contributed by atoms with Crippen LogP contribution in [0.15, 0.2) is 65.6 Å². The van der Waals surface area contributed by atoms with Crippen molar-refractivity contribution in [2.45, 2.75) is 20.4 Å². The Kier molecular flexibility index (Phi) is 8.21. The van der Waals surface area contributed by atoms with Crippen molar-refractivity contribution in [2.24, 2.45) is 0 Å². The first-order chi connectivity index (χ1) is 17.7. The Morgan fingerprint density at radius 1 is 1.03 bits per heavy atom. The monoisotopic (exact) mass is 536 g/mol. The number of thioether (sulfide) groups is 1. The molecule has 0 radical (unpaired) electrons. The maximum Gasteiger partial charge on any atom is 0.293 e. The Labute approximate surface area is 224 Å². The number of nitrogens with one attached hydrogen (secondary N) is 1. The van der Waals surface area contributed by atoms with Gasteiger partial charge >= 0.3 is 0 Å². The summed E-state index contributed by atoms with van der Waals surface area (Å²) in [6.07, 6.45) is 1.62. The molecule has 0 saturated carbocycles. The molecular formula is C28H25ClN2O5S. The van der Waals surface area contributed by atoms with Crippen LogP contribution >= 0.6 is 23.4 Å². The number of carbonyl (C=O) groups excluding carboxylic acids is 3. The van der Waals surface area contributed by atoms with Crippen LogP contribution in [0.5, 0.6) is 11.5 Å². The van der Waals surface area contributed by atoms with Crippen molar-refractivity contribution in [1.82, 2.24) is 4.90 Å². The number of imide groups is 1. The Morgan fingerprint density at radius 3 is 2.54 bits per heavy atom. The van der Waals surface area contributed by atoms with Gasteiger partial charge < -0.3 is 14.8 Å². The second-order valence-corrected chi connectivity index (χ2v) is 9.81. The molecule has 1 aliphatic heterocycles. The lowest BCUT2D eigenvalue weighted by atomic mass is 10.1. The van der Waals surface area contributed by atoms with E-state index in [2.05, 4.69) is 5.32 Å². The Balaban J connectivity index is 1.42. The first kappa shape index (κ1) is 26.3. The third-order valence-electron chi connectivity index (χ3n) is 5.79. The van der Waals surface area contributed by atoms with E-state index < -0.39 is 5.91 Å². The summed E-state index contributed by atoms with van der Waals surface area (Å²) in [6.45, 7) is 3.88. The van der Waals surface area contributed by atoms with Gasteiger partial charge in [0, 0.05) is 10.7 Å². The lowest BCUT2D eigenvalue weighted by Gasteiger charge is -2.13. The fraction of sp³-hybridized carbons (Fsp3) is 0.179. The van der Waals surface area contributed by atoms with Gasteiger partial charge in [0.1, 0.15) is 0 Å². The molecular weight excluding hydrogens is 512 g/mol. The molecule has 3 aromatic carbocycles. The largest absolute Gasteiger partial charge is 0.493 e. The van der Waals surface area contributed by atoms with Crippen LogP contribution in [0.2, 0.25) is 5.02 Å². The lowest BCUT2D eigenvalue weighted by Crippen LogP contribution is -2.27. The van der Waals surface area contributed by atoms with E-state index in [1.807, 2.05) is 32.0 Å². The van der Waals surface area contributed by atoms with E-state index in [1.54, 1.807) is 48.5 Å². The normalized spacial score (nSPS) is 14.3. The maximum absolute atomic E-state index is 12.9. The minimum atomic E-state index is -0.391. The summed E-state index contributed by atoms with van der Waals surface area (Å²) >= 11 is 7.06. The summed E-state index contributed by atoms with van der Waals surface area (Å²) in [5, 5.41) is 2.94. The molecule has 1 fully saturated rings. The molecule has 37 heavy (non-hydrogen) atoms. The average molecular weight is 537 g/mol. The molecule has 3 amide bonds. The number of hydrogen-bond donors (Lipinski definition) is 1. The molecule has 3 aromatic rings. The molecule has 7 nitrogen and oxygen atoms in total. The van der Waals surface area contributed by atoms with Gasteiger partial charge in [0.25, 0.3) is 17.1 Å². The maximum atomic E-state index is 12.9. The highest BCUT2D eigenvalue weighted by Gasteiger charge is 2.35. The van der Waals surface area contributed by atoms with Crippen LogP contribution in [0.25, 0.3) is 6.08 Å². The smallest absolute Gasteiger partial charge is 0.293 e. The highest BCUT2D eigenvalue weighted by Crippen LogP contribution is 2.36. The topological polar surface area (TPSA) is 84.9 Å². The molecule has 0 aromatic heterocycles. The zero-order valence-electron chi connectivity index (χ0n) is 20.5. The van der Waals surface area contributed by atoms with E-state index in [0.29, 0.717) is 38.2 Å². The van der Waals surface area contributed by atoms with Crippen molar-refractivity contribution < 1.29 is 23.9 Å². The number of hydrogen-bond acceptors (Lipinski definition) is 6. The minimum absolute atomic E-state index is 0.0992. The summed E-state index contributed by atoms with van der Waals surface area (Å²) in [5.41, 5.74) is 4.26. The van der Waals surface area contributed by atoms with Crippen molar-refractivity contribution in [1.29, 1.82) is 0 Å². The third-order valence-corrected chi connectivity index (χ3v) is 7.07. The van der Waals surface area contributed by atoms with Crippen molar-refractivity contribution in [2.75, 3.05) is 19.0 Å². The van der Waals surface area contributed by atoms with Crippen LogP contribution in [0.4, 0.5) is 10.5 Å². The minimum Gasteiger partial charge on any atom is -0.493 e. The molecule has 9 heteroatoms. The second kappa shape index (κ2) is 11.5.